The predicted octanol–water partition coefficient (Wildman–Crippen LogP) is 2.00. The first-order valence-electron chi connectivity index (χ1n) is 8.83. The first-order valence-corrected chi connectivity index (χ1v) is 8.83. The molecule has 0 aromatic rings. The molecule has 6 N–H and O–H groups in total. The molecule has 0 aromatic carbocycles. The Bertz CT molecular complexity index is 318. The van der Waals surface area contributed by atoms with Gasteiger partial charge in [0.05, 0.1) is 0 Å². The van der Waals surface area contributed by atoms with E-state index in [0.717, 1.165) is 19.0 Å². The summed E-state index contributed by atoms with van der Waals surface area (Å²) in [6, 6.07) is 1.12. The molecule has 5 atom stereocenters. The highest BCUT2D eigenvalue weighted by Gasteiger charge is 2.34. The topological polar surface area (TPSA) is 76.1 Å². The van der Waals surface area contributed by atoms with E-state index in [1.807, 2.05) is 0 Å². The third-order valence-electron chi connectivity index (χ3n) is 5.46. The van der Waals surface area contributed by atoms with Crippen LogP contribution >= 0.6 is 0 Å². The Hall–Kier alpha value is -0.160. The fourth-order valence-corrected chi connectivity index (χ4v) is 4.68. The monoisotopic (exact) mass is 296 g/mol. The van der Waals surface area contributed by atoms with Gasteiger partial charge in [-0.05, 0) is 74.8 Å². The van der Waals surface area contributed by atoms with Gasteiger partial charge in [-0.3, -0.25) is 10.9 Å². The predicted molar refractivity (Wildman–Crippen MR) is 89.6 cm³/mol. The Morgan fingerprint density at radius 2 is 1.48 bits per heavy atom. The Balaban J connectivity index is 1.81. The second kappa shape index (κ2) is 7.40. The number of hydrogen-bond donors (Lipinski definition) is 4. The largest absolute Gasteiger partial charge is 0.330 e. The van der Waals surface area contributed by atoms with Gasteiger partial charge in [-0.1, -0.05) is 20.8 Å². The molecule has 0 aromatic heterocycles. The van der Waals surface area contributed by atoms with Crippen molar-refractivity contribution in [3.05, 3.63) is 0 Å². The smallest absolute Gasteiger partial charge is 0.0221 e. The molecule has 2 aliphatic carbocycles. The van der Waals surface area contributed by atoms with Crippen molar-refractivity contribution in [2.24, 2.45) is 34.6 Å². The summed E-state index contributed by atoms with van der Waals surface area (Å²) in [7, 11) is 0. The standard InChI is InChI=1S/C17H36N4/c1-12-4-13(10-18)6-15(5-12)20-21-16-7-14(11-19)8-17(2,3)9-16/h12-16,20-21H,4-11,18-19H2,1-3H3. The van der Waals surface area contributed by atoms with E-state index in [4.69, 9.17) is 11.5 Å². The maximum absolute atomic E-state index is 5.92. The lowest BCUT2D eigenvalue weighted by Gasteiger charge is -2.41. The van der Waals surface area contributed by atoms with Crippen molar-refractivity contribution in [3.8, 4) is 0 Å². The van der Waals surface area contributed by atoms with Crippen LogP contribution < -0.4 is 22.3 Å². The normalized spacial score (nSPS) is 40.1. The van der Waals surface area contributed by atoms with E-state index in [0.29, 0.717) is 29.3 Å². The second-order valence-electron chi connectivity index (χ2n) is 8.51. The average Bonchev–Trinajstić information content (AvgIpc) is 2.42. The molecule has 2 rings (SSSR count). The summed E-state index contributed by atoms with van der Waals surface area (Å²) in [6.07, 6.45) is 7.47. The van der Waals surface area contributed by atoms with Crippen LogP contribution in [0.15, 0.2) is 0 Å². The van der Waals surface area contributed by atoms with Crippen LogP contribution in [-0.4, -0.2) is 25.2 Å². The van der Waals surface area contributed by atoms with E-state index in [-0.39, 0.29) is 0 Å². The number of hydrazine groups is 1. The number of hydrogen-bond acceptors (Lipinski definition) is 4. The molecule has 4 nitrogen and oxygen atoms in total. The number of nitrogens with two attached hydrogens (primary N) is 2. The van der Waals surface area contributed by atoms with Crippen LogP contribution in [0.5, 0.6) is 0 Å². The molecule has 0 saturated heterocycles. The number of rotatable bonds is 5. The van der Waals surface area contributed by atoms with Crippen LogP contribution in [0, 0.1) is 23.2 Å². The van der Waals surface area contributed by atoms with Crippen LogP contribution in [-0.2, 0) is 0 Å². The van der Waals surface area contributed by atoms with Gasteiger partial charge in [0.15, 0.2) is 0 Å². The van der Waals surface area contributed by atoms with Crippen LogP contribution in [0.1, 0.15) is 59.3 Å². The van der Waals surface area contributed by atoms with E-state index >= 15 is 0 Å². The summed E-state index contributed by atoms with van der Waals surface area (Å²) < 4.78 is 0. The first-order chi connectivity index (χ1) is 9.91. The molecule has 124 valence electrons. The third-order valence-corrected chi connectivity index (χ3v) is 5.46. The highest BCUT2D eigenvalue weighted by molar-refractivity contribution is 4.88. The fourth-order valence-electron chi connectivity index (χ4n) is 4.68. The molecule has 4 heteroatoms. The van der Waals surface area contributed by atoms with Gasteiger partial charge in [0.1, 0.15) is 0 Å². The highest BCUT2D eigenvalue weighted by atomic mass is 15.4. The second-order valence-corrected chi connectivity index (χ2v) is 8.51. The summed E-state index contributed by atoms with van der Waals surface area (Å²) >= 11 is 0. The van der Waals surface area contributed by atoms with Gasteiger partial charge < -0.3 is 11.5 Å². The maximum atomic E-state index is 5.92. The van der Waals surface area contributed by atoms with Crippen LogP contribution in [0.4, 0.5) is 0 Å². The van der Waals surface area contributed by atoms with Gasteiger partial charge >= 0.3 is 0 Å². The van der Waals surface area contributed by atoms with Crippen molar-refractivity contribution in [2.75, 3.05) is 13.1 Å². The van der Waals surface area contributed by atoms with Gasteiger partial charge in [-0.15, -0.1) is 0 Å². The van der Waals surface area contributed by atoms with E-state index in [2.05, 4.69) is 31.6 Å². The summed E-state index contributed by atoms with van der Waals surface area (Å²) in [5.41, 5.74) is 19.5. The fraction of sp³-hybridized carbons (Fsp3) is 1.00. The van der Waals surface area contributed by atoms with E-state index in [1.165, 1.54) is 38.5 Å². The molecule has 0 amide bonds. The van der Waals surface area contributed by atoms with Crippen molar-refractivity contribution in [1.82, 2.24) is 10.9 Å². The molecular formula is C17H36N4. The van der Waals surface area contributed by atoms with Crippen molar-refractivity contribution in [1.29, 1.82) is 0 Å². The van der Waals surface area contributed by atoms with Crippen molar-refractivity contribution < 1.29 is 0 Å². The van der Waals surface area contributed by atoms with E-state index < -0.39 is 0 Å². The molecule has 2 saturated carbocycles. The van der Waals surface area contributed by atoms with E-state index in [9.17, 15) is 0 Å². The molecule has 0 radical (unpaired) electrons. The highest BCUT2D eigenvalue weighted by Crippen LogP contribution is 2.38. The minimum absolute atomic E-state index is 0.404. The third kappa shape index (κ3) is 5.20. The molecule has 0 bridgehead atoms. The maximum Gasteiger partial charge on any atom is 0.0221 e. The lowest BCUT2D eigenvalue weighted by atomic mass is 9.70. The molecular weight excluding hydrogens is 260 g/mol. The molecule has 2 fully saturated rings. The van der Waals surface area contributed by atoms with Crippen LogP contribution in [0.2, 0.25) is 0 Å². The van der Waals surface area contributed by atoms with Gasteiger partial charge in [-0.2, -0.15) is 0 Å². The zero-order valence-corrected chi connectivity index (χ0v) is 14.2. The van der Waals surface area contributed by atoms with Crippen molar-refractivity contribution in [3.63, 3.8) is 0 Å². The summed E-state index contributed by atoms with van der Waals surface area (Å²) in [5, 5.41) is 0. The molecule has 0 aliphatic heterocycles. The Labute approximate surface area is 130 Å². The first kappa shape index (κ1) is 17.2. The molecule has 0 spiro atoms. The summed E-state index contributed by atoms with van der Waals surface area (Å²) in [6.45, 7) is 8.74. The van der Waals surface area contributed by atoms with Crippen LogP contribution in [0.25, 0.3) is 0 Å². The molecule has 21 heavy (non-hydrogen) atoms. The Kier molecular flexibility index (Phi) is 6.06. The zero-order valence-electron chi connectivity index (χ0n) is 14.2. The van der Waals surface area contributed by atoms with E-state index in [1.54, 1.807) is 0 Å². The SMILES string of the molecule is CC1CC(CN)CC(NNC2CC(CN)CC(C)(C)C2)C1. The van der Waals surface area contributed by atoms with Gasteiger partial charge in [0.2, 0.25) is 0 Å². The molecule has 2 aliphatic rings. The quantitative estimate of drug-likeness (QED) is 0.585. The lowest BCUT2D eigenvalue weighted by Crippen LogP contribution is -2.53. The lowest BCUT2D eigenvalue weighted by molar-refractivity contribution is 0.124. The Morgan fingerprint density at radius 1 is 0.857 bits per heavy atom. The zero-order chi connectivity index (χ0) is 15.5. The average molecular weight is 297 g/mol. The van der Waals surface area contributed by atoms with Crippen molar-refractivity contribution in [2.45, 2.75) is 71.4 Å². The van der Waals surface area contributed by atoms with Gasteiger partial charge in [-0.25, -0.2) is 0 Å². The number of nitrogens with one attached hydrogen (secondary N) is 2. The minimum atomic E-state index is 0.404. The van der Waals surface area contributed by atoms with Gasteiger partial charge in [0.25, 0.3) is 0 Å². The summed E-state index contributed by atoms with van der Waals surface area (Å²) in [4.78, 5) is 0. The van der Waals surface area contributed by atoms with Crippen LogP contribution in [0.3, 0.4) is 0 Å². The summed E-state index contributed by atoms with van der Waals surface area (Å²) in [5.74, 6) is 2.13. The Morgan fingerprint density at radius 3 is 2.14 bits per heavy atom. The molecule has 0 heterocycles. The minimum Gasteiger partial charge on any atom is -0.330 e. The van der Waals surface area contributed by atoms with Crippen molar-refractivity contribution >= 4 is 0 Å². The molecule has 5 unspecified atom stereocenters. The van der Waals surface area contributed by atoms with Gasteiger partial charge in [0, 0.05) is 12.1 Å².